The first-order chi connectivity index (χ1) is 7.18. The van der Waals surface area contributed by atoms with Crippen molar-refractivity contribution in [2.45, 2.75) is 32.3 Å². The molecule has 1 aliphatic heterocycles. The molecule has 0 radical (unpaired) electrons. The second kappa shape index (κ2) is 4.19. The number of aromatic nitrogens is 1. The van der Waals surface area contributed by atoms with Crippen LogP contribution in [0.15, 0.2) is 18.3 Å². The van der Waals surface area contributed by atoms with Gasteiger partial charge < -0.3 is 10.1 Å². The Morgan fingerprint density at radius 1 is 1.40 bits per heavy atom. The summed E-state index contributed by atoms with van der Waals surface area (Å²) in [5.41, 5.74) is 0.990. The van der Waals surface area contributed by atoms with Crippen molar-refractivity contribution in [1.82, 2.24) is 10.3 Å². The zero-order valence-corrected chi connectivity index (χ0v) is 9.42. The number of nitrogens with one attached hydrogen (secondary N) is 1. The minimum atomic E-state index is -0.0148. The molecule has 2 heterocycles. The molecular formula is C12H18N2O. The fourth-order valence-electron chi connectivity index (χ4n) is 1.93. The standard InChI is InChI=1S/C12H18N2O/c1-10-9-11(3-6-14-10)15-12(2)4-7-13-8-5-12/h3,6,9,13H,4-5,7-8H2,1-2H3. The van der Waals surface area contributed by atoms with E-state index in [1.165, 1.54) is 0 Å². The van der Waals surface area contributed by atoms with E-state index in [1.807, 2.05) is 19.1 Å². The third-order valence-electron chi connectivity index (χ3n) is 2.89. The van der Waals surface area contributed by atoms with E-state index in [1.54, 1.807) is 6.20 Å². The zero-order chi connectivity index (χ0) is 10.7. The molecule has 1 saturated heterocycles. The van der Waals surface area contributed by atoms with Crippen LogP contribution in [0.25, 0.3) is 0 Å². The van der Waals surface area contributed by atoms with E-state index in [2.05, 4.69) is 17.2 Å². The van der Waals surface area contributed by atoms with Crippen LogP contribution in [0.2, 0.25) is 0 Å². The Hall–Kier alpha value is -1.09. The van der Waals surface area contributed by atoms with Crippen molar-refractivity contribution in [1.29, 1.82) is 0 Å². The number of ether oxygens (including phenoxy) is 1. The van der Waals surface area contributed by atoms with Crippen LogP contribution in [0.1, 0.15) is 25.5 Å². The van der Waals surface area contributed by atoms with Gasteiger partial charge in [-0.3, -0.25) is 4.98 Å². The van der Waals surface area contributed by atoms with Gasteiger partial charge in [0.25, 0.3) is 0 Å². The van der Waals surface area contributed by atoms with E-state index in [0.717, 1.165) is 37.4 Å². The summed E-state index contributed by atoms with van der Waals surface area (Å²) in [5, 5.41) is 3.34. The highest BCUT2D eigenvalue weighted by atomic mass is 16.5. The molecule has 1 fully saturated rings. The highest BCUT2D eigenvalue weighted by Gasteiger charge is 2.28. The Bertz CT molecular complexity index is 332. The van der Waals surface area contributed by atoms with Gasteiger partial charge in [0.15, 0.2) is 0 Å². The molecule has 82 valence electrons. The third-order valence-corrected chi connectivity index (χ3v) is 2.89. The van der Waals surface area contributed by atoms with Crippen LogP contribution in [0.4, 0.5) is 0 Å². The number of rotatable bonds is 2. The maximum absolute atomic E-state index is 6.04. The summed E-state index contributed by atoms with van der Waals surface area (Å²) in [6.07, 6.45) is 3.93. The van der Waals surface area contributed by atoms with Gasteiger partial charge in [0.2, 0.25) is 0 Å². The molecule has 2 rings (SSSR count). The van der Waals surface area contributed by atoms with E-state index in [-0.39, 0.29) is 5.60 Å². The van der Waals surface area contributed by atoms with Gasteiger partial charge >= 0.3 is 0 Å². The minimum absolute atomic E-state index is 0.0148. The highest BCUT2D eigenvalue weighted by Crippen LogP contribution is 2.25. The SMILES string of the molecule is Cc1cc(OC2(C)CCNCC2)ccn1. The number of aryl methyl sites for hydroxylation is 1. The van der Waals surface area contributed by atoms with Gasteiger partial charge in [-0.05, 0) is 45.8 Å². The molecule has 0 bridgehead atoms. The highest BCUT2D eigenvalue weighted by molar-refractivity contribution is 5.22. The Labute approximate surface area is 90.9 Å². The van der Waals surface area contributed by atoms with Gasteiger partial charge in [0.1, 0.15) is 11.4 Å². The Balaban J connectivity index is 2.06. The number of hydrogen-bond donors (Lipinski definition) is 1. The lowest BCUT2D eigenvalue weighted by Gasteiger charge is -2.34. The molecule has 1 N–H and O–H groups in total. The summed E-state index contributed by atoms with van der Waals surface area (Å²) in [6, 6.07) is 3.92. The van der Waals surface area contributed by atoms with Crippen molar-refractivity contribution in [3.05, 3.63) is 24.0 Å². The van der Waals surface area contributed by atoms with Crippen LogP contribution in [-0.2, 0) is 0 Å². The smallest absolute Gasteiger partial charge is 0.123 e. The minimum Gasteiger partial charge on any atom is -0.487 e. The van der Waals surface area contributed by atoms with E-state index in [0.29, 0.717) is 0 Å². The van der Waals surface area contributed by atoms with Crippen LogP contribution in [0, 0.1) is 6.92 Å². The molecule has 15 heavy (non-hydrogen) atoms. The fraction of sp³-hybridized carbons (Fsp3) is 0.583. The number of nitrogens with zero attached hydrogens (tertiary/aromatic N) is 1. The molecule has 0 unspecified atom stereocenters. The predicted octanol–water partition coefficient (Wildman–Crippen LogP) is 1.91. The van der Waals surface area contributed by atoms with E-state index >= 15 is 0 Å². The van der Waals surface area contributed by atoms with Crippen LogP contribution >= 0.6 is 0 Å². The summed E-state index contributed by atoms with van der Waals surface area (Å²) in [6.45, 7) is 6.25. The first kappa shape index (κ1) is 10.4. The van der Waals surface area contributed by atoms with Gasteiger partial charge in [-0.2, -0.15) is 0 Å². The first-order valence-electron chi connectivity index (χ1n) is 5.50. The van der Waals surface area contributed by atoms with Crippen molar-refractivity contribution in [3.63, 3.8) is 0 Å². The second-order valence-electron chi connectivity index (χ2n) is 4.43. The van der Waals surface area contributed by atoms with E-state index in [9.17, 15) is 0 Å². The van der Waals surface area contributed by atoms with Crippen molar-refractivity contribution in [2.75, 3.05) is 13.1 Å². The lowest BCUT2D eigenvalue weighted by molar-refractivity contribution is 0.0554. The molecule has 0 amide bonds. The summed E-state index contributed by atoms with van der Waals surface area (Å²) in [4.78, 5) is 4.16. The van der Waals surface area contributed by atoms with Gasteiger partial charge in [-0.15, -0.1) is 0 Å². The lowest BCUT2D eigenvalue weighted by Crippen LogP contribution is -2.43. The van der Waals surface area contributed by atoms with Crippen molar-refractivity contribution < 1.29 is 4.74 Å². The van der Waals surface area contributed by atoms with Crippen molar-refractivity contribution >= 4 is 0 Å². The molecule has 0 saturated carbocycles. The van der Waals surface area contributed by atoms with Crippen molar-refractivity contribution in [2.24, 2.45) is 0 Å². The quantitative estimate of drug-likeness (QED) is 0.802. The average molecular weight is 206 g/mol. The maximum atomic E-state index is 6.04. The molecule has 1 aliphatic rings. The van der Waals surface area contributed by atoms with Gasteiger partial charge in [-0.1, -0.05) is 0 Å². The lowest BCUT2D eigenvalue weighted by atomic mass is 9.94. The zero-order valence-electron chi connectivity index (χ0n) is 9.42. The van der Waals surface area contributed by atoms with Gasteiger partial charge in [0.05, 0.1) is 0 Å². The molecule has 3 heteroatoms. The monoisotopic (exact) mass is 206 g/mol. The molecule has 0 aliphatic carbocycles. The molecule has 1 aromatic heterocycles. The third kappa shape index (κ3) is 2.69. The topological polar surface area (TPSA) is 34.1 Å². The summed E-state index contributed by atoms with van der Waals surface area (Å²) >= 11 is 0. The summed E-state index contributed by atoms with van der Waals surface area (Å²) in [7, 11) is 0. The van der Waals surface area contributed by atoms with Gasteiger partial charge in [-0.25, -0.2) is 0 Å². The molecule has 0 spiro atoms. The van der Waals surface area contributed by atoms with Crippen LogP contribution < -0.4 is 10.1 Å². The fourth-order valence-corrected chi connectivity index (χ4v) is 1.93. The molecule has 0 atom stereocenters. The van der Waals surface area contributed by atoms with Crippen molar-refractivity contribution in [3.8, 4) is 5.75 Å². The first-order valence-corrected chi connectivity index (χ1v) is 5.50. The second-order valence-corrected chi connectivity index (χ2v) is 4.43. The van der Waals surface area contributed by atoms with Crippen LogP contribution in [0.5, 0.6) is 5.75 Å². The Kier molecular flexibility index (Phi) is 2.91. The normalized spacial score (nSPS) is 19.9. The summed E-state index contributed by atoms with van der Waals surface area (Å²) in [5.74, 6) is 0.937. The number of piperidine rings is 1. The molecule has 1 aromatic rings. The molecule has 3 nitrogen and oxygen atoms in total. The molecular weight excluding hydrogens is 188 g/mol. The average Bonchev–Trinajstić information content (AvgIpc) is 2.18. The Morgan fingerprint density at radius 3 is 2.80 bits per heavy atom. The maximum Gasteiger partial charge on any atom is 0.123 e. The predicted molar refractivity (Wildman–Crippen MR) is 60.1 cm³/mol. The van der Waals surface area contributed by atoms with Gasteiger partial charge in [0, 0.05) is 18.0 Å². The molecule has 0 aromatic carbocycles. The van der Waals surface area contributed by atoms with Crippen LogP contribution in [-0.4, -0.2) is 23.7 Å². The Morgan fingerprint density at radius 2 is 2.13 bits per heavy atom. The van der Waals surface area contributed by atoms with Crippen LogP contribution in [0.3, 0.4) is 0 Å². The number of hydrogen-bond acceptors (Lipinski definition) is 3. The van der Waals surface area contributed by atoms with E-state index in [4.69, 9.17) is 4.74 Å². The number of pyridine rings is 1. The van der Waals surface area contributed by atoms with E-state index < -0.39 is 0 Å². The largest absolute Gasteiger partial charge is 0.487 e. The summed E-state index contributed by atoms with van der Waals surface area (Å²) < 4.78 is 6.04.